The molecular formula is C20H15F4N3O2. The molecule has 9 heteroatoms. The van der Waals surface area contributed by atoms with Crippen LogP contribution in [0.3, 0.4) is 0 Å². The Morgan fingerprint density at radius 1 is 1.10 bits per heavy atom. The number of pyridine rings is 1. The van der Waals surface area contributed by atoms with Gasteiger partial charge in [-0.3, -0.25) is 4.79 Å². The van der Waals surface area contributed by atoms with Crippen LogP contribution in [-0.2, 0) is 12.7 Å². The third-order valence-corrected chi connectivity index (χ3v) is 3.95. The quantitative estimate of drug-likeness (QED) is 0.611. The second kappa shape index (κ2) is 8.17. The van der Waals surface area contributed by atoms with Gasteiger partial charge in [0, 0.05) is 12.7 Å². The van der Waals surface area contributed by atoms with Crippen LogP contribution in [0.5, 0.6) is 11.5 Å². The van der Waals surface area contributed by atoms with Crippen molar-refractivity contribution in [1.29, 1.82) is 0 Å². The molecule has 1 amide bonds. The molecule has 150 valence electrons. The van der Waals surface area contributed by atoms with E-state index in [-0.39, 0.29) is 23.7 Å². The summed E-state index contributed by atoms with van der Waals surface area (Å²) in [5.41, 5.74) is 5.57. The fourth-order valence-electron chi connectivity index (χ4n) is 2.45. The maximum Gasteiger partial charge on any atom is 0.416 e. The lowest BCUT2D eigenvalue weighted by molar-refractivity contribution is -0.137. The zero-order chi connectivity index (χ0) is 21.0. The molecule has 0 aliphatic carbocycles. The van der Waals surface area contributed by atoms with Crippen molar-refractivity contribution in [3.63, 3.8) is 0 Å². The highest BCUT2D eigenvalue weighted by molar-refractivity contribution is 5.98. The van der Waals surface area contributed by atoms with Crippen molar-refractivity contribution < 1.29 is 27.1 Å². The number of halogens is 4. The summed E-state index contributed by atoms with van der Waals surface area (Å²) in [5, 5.41) is 2.67. The van der Waals surface area contributed by atoms with E-state index in [1.807, 2.05) is 0 Å². The van der Waals surface area contributed by atoms with Gasteiger partial charge in [-0.25, -0.2) is 9.37 Å². The Morgan fingerprint density at radius 3 is 2.48 bits per heavy atom. The molecule has 2 aromatic carbocycles. The number of nitrogens with one attached hydrogen (secondary N) is 1. The molecule has 0 atom stereocenters. The van der Waals surface area contributed by atoms with E-state index in [2.05, 4.69) is 10.3 Å². The lowest BCUT2D eigenvalue weighted by Crippen LogP contribution is -2.24. The molecule has 0 spiro atoms. The minimum atomic E-state index is -4.61. The molecule has 0 saturated heterocycles. The molecule has 1 heterocycles. The van der Waals surface area contributed by atoms with Gasteiger partial charge >= 0.3 is 6.18 Å². The van der Waals surface area contributed by atoms with Crippen LogP contribution in [0, 0.1) is 5.82 Å². The molecule has 3 aromatic rings. The highest BCUT2D eigenvalue weighted by Crippen LogP contribution is 2.34. The lowest BCUT2D eigenvalue weighted by atomic mass is 10.2. The highest BCUT2D eigenvalue weighted by atomic mass is 19.4. The number of anilines is 1. The molecule has 5 nitrogen and oxygen atoms in total. The van der Waals surface area contributed by atoms with E-state index in [0.717, 1.165) is 0 Å². The topological polar surface area (TPSA) is 77.2 Å². The van der Waals surface area contributed by atoms with E-state index < -0.39 is 29.2 Å². The molecule has 3 N–H and O–H groups in total. The van der Waals surface area contributed by atoms with Crippen LogP contribution >= 0.6 is 0 Å². The van der Waals surface area contributed by atoms with Crippen LogP contribution in [0.2, 0.25) is 0 Å². The smallest absolute Gasteiger partial charge is 0.416 e. The molecule has 3 rings (SSSR count). The van der Waals surface area contributed by atoms with Gasteiger partial charge in [-0.05, 0) is 48.0 Å². The number of carbonyl (C=O) groups is 1. The summed E-state index contributed by atoms with van der Waals surface area (Å²) >= 11 is 0. The van der Waals surface area contributed by atoms with Crippen LogP contribution in [-0.4, -0.2) is 10.9 Å². The Hall–Kier alpha value is -3.62. The standard InChI is InChI=1S/C20H15F4N3O2/c21-16-8-5-13(20(22,23)24)10-17(16)29-14-6-3-12(4-7-14)11-27-19(28)15-2-1-9-26-18(15)25/h1-10H,11H2,(H2,25,26)(H,27,28). The summed E-state index contributed by atoms with van der Waals surface area (Å²) in [6.45, 7) is 0.172. The summed E-state index contributed by atoms with van der Waals surface area (Å²) < 4.78 is 57.3. The Kier molecular flexibility index (Phi) is 5.67. The number of nitrogens with two attached hydrogens (primary N) is 1. The third-order valence-electron chi connectivity index (χ3n) is 3.95. The van der Waals surface area contributed by atoms with Crippen molar-refractivity contribution in [2.45, 2.75) is 12.7 Å². The first kappa shape index (κ1) is 20.1. The Balaban J connectivity index is 1.65. The second-order valence-corrected chi connectivity index (χ2v) is 6.01. The van der Waals surface area contributed by atoms with Gasteiger partial charge in [0.25, 0.3) is 5.91 Å². The Labute approximate surface area is 163 Å². The van der Waals surface area contributed by atoms with Crippen molar-refractivity contribution in [3.8, 4) is 11.5 Å². The summed E-state index contributed by atoms with van der Waals surface area (Å²) in [4.78, 5) is 15.9. The van der Waals surface area contributed by atoms with Crippen molar-refractivity contribution in [2.24, 2.45) is 0 Å². The van der Waals surface area contributed by atoms with Crippen molar-refractivity contribution in [1.82, 2.24) is 10.3 Å². The normalized spacial score (nSPS) is 11.2. The van der Waals surface area contributed by atoms with Crippen molar-refractivity contribution >= 4 is 11.7 Å². The largest absolute Gasteiger partial charge is 0.454 e. The van der Waals surface area contributed by atoms with Gasteiger partial charge in [0.1, 0.15) is 11.6 Å². The van der Waals surface area contributed by atoms with Gasteiger partial charge in [0.05, 0.1) is 11.1 Å². The number of benzene rings is 2. The molecule has 1 aromatic heterocycles. The average Bonchev–Trinajstić information content (AvgIpc) is 2.68. The number of carbonyl (C=O) groups excluding carboxylic acids is 1. The van der Waals surface area contributed by atoms with Crippen LogP contribution < -0.4 is 15.8 Å². The molecule has 0 radical (unpaired) electrons. The van der Waals surface area contributed by atoms with E-state index in [4.69, 9.17) is 10.5 Å². The third kappa shape index (κ3) is 5.01. The Bertz CT molecular complexity index is 1020. The minimum Gasteiger partial charge on any atom is -0.454 e. The van der Waals surface area contributed by atoms with E-state index in [9.17, 15) is 22.4 Å². The minimum absolute atomic E-state index is 0.108. The fourth-order valence-corrected chi connectivity index (χ4v) is 2.45. The number of alkyl halides is 3. The maximum atomic E-state index is 13.8. The number of nitrogen functional groups attached to an aromatic ring is 1. The molecule has 0 aliphatic heterocycles. The van der Waals surface area contributed by atoms with Gasteiger partial charge in [-0.1, -0.05) is 12.1 Å². The summed E-state index contributed by atoms with van der Waals surface area (Å²) in [7, 11) is 0. The Morgan fingerprint density at radius 2 is 1.83 bits per heavy atom. The molecule has 0 saturated carbocycles. The van der Waals surface area contributed by atoms with E-state index in [1.165, 1.54) is 24.4 Å². The van der Waals surface area contributed by atoms with Crippen molar-refractivity contribution in [3.05, 3.63) is 83.3 Å². The zero-order valence-electron chi connectivity index (χ0n) is 14.8. The number of hydrogen-bond acceptors (Lipinski definition) is 4. The van der Waals surface area contributed by atoms with E-state index in [0.29, 0.717) is 23.8 Å². The van der Waals surface area contributed by atoms with Crippen LogP contribution in [0.25, 0.3) is 0 Å². The zero-order valence-corrected chi connectivity index (χ0v) is 14.8. The first-order chi connectivity index (χ1) is 13.7. The molecular weight excluding hydrogens is 390 g/mol. The van der Waals surface area contributed by atoms with Gasteiger partial charge in [0.15, 0.2) is 11.6 Å². The number of ether oxygens (including phenoxy) is 1. The van der Waals surface area contributed by atoms with Gasteiger partial charge in [-0.2, -0.15) is 13.2 Å². The maximum absolute atomic E-state index is 13.8. The highest BCUT2D eigenvalue weighted by Gasteiger charge is 2.31. The van der Waals surface area contributed by atoms with Crippen LogP contribution in [0.4, 0.5) is 23.4 Å². The average molecular weight is 405 g/mol. The molecule has 0 unspecified atom stereocenters. The summed E-state index contributed by atoms with van der Waals surface area (Å²) in [6, 6.07) is 11.2. The first-order valence-electron chi connectivity index (χ1n) is 8.36. The predicted molar refractivity (Wildman–Crippen MR) is 97.7 cm³/mol. The summed E-state index contributed by atoms with van der Waals surface area (Å²) in [6.07, 6.45) is -3.14. The SMILES string of the molecule is Nc1ncccc1C(=O)NCc1ccc(Oc2cc(C(F)(F)F)ccc2F)cc1. The van der Waals surface area contributed by atoms with E-state index >= 15 is 0 Å². The van der Waals surface area contributed by atoms with Crippen LogP contribution in [0.1, 0.15) is 21.5 Å². The predicted octanol–water partition coefficient (Wildman–Crippen LogP) is 4.54. The van der Waals surface area contributed by atoms with Gasteiger partial charge in [0.2, 0.25) is 0 Å². The fraction of sp³-hybridized carbons (Fsp3) is 0.100. The van der Waals surface area contributed by atoms with E-state index in [1.54, 1.807) is 18.2 Å². The monoisotopic (exact) mass is 405 g/mol. The molecule has 29 heavy (non-hydrogen) atoms. The number of amides is 1. The number of aromatic nitrogens is 1. The molecule has 0 bridgehead atoms. The summed E-state index contributed by atoms with van der Waals surface area (Å²) in [5.74, 6) is -1.59. The second-order valence-electron chi connectivity index (χ2n) is 6.01. The first-order valence-corrected chi connectivity index (χ1v) is 8.36. The number of rotatable bonds is 5. The van der Waals surface area contributed by atoms with Crippen LogP contribution in [0.15, 0.2) is 60.8 Å². The number of hydrogen-bond donors (Lipinski definition) is 2. The van der Waals surface area contributed by atoms with Gasteiger partial charge in [-0.15, -0.1) is 0 Å². The van der Waals surface area contributed by atoms with Gasteiger partial charge < -0.3 is 15.8 Å². The molecule has 0 fully saturated rings. The molecule has 0 aliphatic rings. The number of nitrogens with zero attached hydrogens (tertiary/aromatic N) is 1. The lowest BCUT2D eigenvalue weighted by Gasteiger charge is -2.11. The van der Waals surface area contributed by atoms with Crippen molar-refractivity contribution in [2.75, 3.05) is 5.73 Å².